The molecule has 0 saturated heterocycles. The number of aliphatic hydroxyl groups is 1. The molecule has 1 unspecified atom stereocenters. The smallest absolute Gasteiger partial charge is 0.286 e. The molecule has 1 atom stereocenters. The lowest BCUT2D eigenvalue weighted by atomic mass is 10.1. The number of benzene rings is 2. The Morgan fingerprint density at radius 1 is 0.875 bits per heavy atom. The van der Waals surface area contributed by atoms with Gasteiger partial charge in [-0.25, -0.2) is 0 Å². The Morgan fingerprint density at radius 3 is 2.15 bits per heavy atom. The number of aromatic nitrogens is 1. The first kappa shape index (κ1) is 36.9. The van der Waals surface area contributed by atoms with Crippen LogP contribution in [0.5, 0.6) is 0 Å². The molecular formula is C38H49N6O2S2+. The highest BCUT2D eigenvalue weighted by molar-refractivity contribution is 8.76. The summed E-state index contributed by atoms with van der Waals surface area (Å²) in [6.45, 7) is 2.84. The van der Waals surface area contributed by atoms with Gasteiger partial charge in [-0.15, -0.1) is 0 Å². The van der Waals surface area contributed by atoms with Crippen molar-refractivity contribution < 1.29 is 14.5 Å². The van der Waals surface area contributed by atoms with Gasteiger partial charge in [0.2, 0.25) is 12.2 Å². The highest BCUT2D eigenvalue weighted by Gasteiger charge is 2.14. The van der Waals surface area contributed by atoms with Crippen LogP contribution < -0.4 is 25.0 Å². The molecule has 0 saturated carbocycles. The number of nitrogens with one attached hydrogen (secondary N) is 2. The van der Waals surface area contributed by atoms with Gasteiger partial charge in [0.05, 0.1) is 6.54 Å². The molecule has 8 nitrogen and oxygen atoms in total. The second-order valence-corrected chi connectivity index (χ2v) is 14.5. The van der Waals surface area contributed by atoms with E-state index in [0.29, 0.717) is 19.6 Å². The standard InChI is InChI=1S/C38H48N6O2S2/c1-41(2)33-17-11-31(12-18-33)15-21-35-9-5-7-25-43(35)29-37(45)39-23-27-47-48-28-24-40-38(46)30-44-26-8-6-10-36(44)22-16-32-13-19-34(20-14-32)42(3)4/h5-22,25,38,40,46H,23-24,26-30H2,1-4H3/p+1. The predicted molar refractivity (Wildman–Crippen MR) is 207 cm³/mol. The van der Waals surface area contributed by atoms with E-state index < -0.39 is 6.23 Å². The lowest BCUT2D eigenvalue weighted by Crippen LogP contribution is -2.45. The number of β-amino-alcohol motifs (C(OH)–C–C–N with tert-alkyl or cyclic N) is 1. The van der Waals surface area contributed by atoms with E-state index in [1.54, 1.807) is 21.6 Å². The molecule has 0 fully saturated rings. The molecule has 1 aromatic heterocycles. The molecule has 10 heteroatoms. The Kier molecular flexibility index (Phi) is 15.2. The molecule has 2 aromatic carbocycles. The Hall–Kier alpha value is -3.96. The predicted octanol–water partition coefficient (Wildman–Crippen LogP) is 5.15. The van der Waals surface area contributed by atoms with Gasteiger partial charge >= 0.3 is 0 Å². The van der Waals surface area contributed by atoms with Gasteiger partial charge in [0.25, 0.3) is 5.91 Å². The van der Waals surface area contributed by atoms with Crippen LogP contribution in [0.2, 0.25) is 0 Å². The van der Waals surface area contributed by atoms with Gasteiger partial charge in [-0.05, 0) is 59.7 Å². The van der Waals surface area contributed by atoms with Gasteiger partial charge in [-0.2, -0.15) is 4.57 Å². The molecule has 3 aromatic rings. The summed E-state index contributed by atoms with van der Waals surface area (Å²) in [4.78, 5) is 19.0. The van der Waals surface area contributed by atoms with Gasteiger partial charge in [0.15, 0.2) is 6.20 Å². The number of carbonyl (C=O) groups is 1. The fraction of sp³-hybridized carbons (Fsp3) is 0.316. The lowest BCUT2D eigenvalue weighted by molar-refractivity contribution is -0.686. The highest BCUT2D eigenvalue weighted by atomic mass is 33.1. The van der Waals surface area contributed by atoms with Crippen LogP contribution in [0.1, 0.15) is 16.8 Å². The van der Waals surface area contributed by atoms with E-state index in [0.717, 1.165) is 46.3 Å². The van der Waals surface area contributed by atoms with Crippen LogP contribution in [-0.2, 0) is 11.3 Å². The molecule has 4 rings (SSSR count). The minimum absolute atomic E-state index is 0.00960. The Morgan fingerprint density at radius 2 is 1.50 bits per heavy atom. The molecule has 0 aliphatic carbocycles. The zero-order valence-electron chi connectivity index (χ0n) is 28.5. The molecule has 0 radical (unpaired) electrons. The molecule has 1 amide bonds. The van der Waals surface area contributed by atoms with Crippen molar-refractivity contribution in [1.82, 2.24) is 15.5 Å². The quantitative estimate of drug-likeness (QED) is 0.0736. The van der Waals surface area contributed by atoms with Crippen molar-refractivity contribution in [1.29, 1.82) is 0 Å². The number of pyridine rings is 1. The number of amides is 1. The lowest BCUT2D eigenvalue weighted by Gasteiger charge is -2.29. The first-order valence-electron chi connectivity index (χ1n) is 16.2. The summed E-state index contributed by atoms with van der Waals surface area (Å²) in [6, 6.07) is 22.7. The number of nitrogens with zero attached hydrogens (tertiary/aromatic N) is 4. The Bertz CT molecular complexity index is 1550. The first-order valence-corrected chi connectivity index (χ1v) is 18.7. The van der Waals surface area contributed by atoms with Crippen LogP contribution in [0, 0.1) is 0 Å². The van der Waals surface area contributed by atoms with Gasteiger partial charge in [-0.1, -0.05) is 64.1 Å². The molecule has 0 spiro atoms. The zero-order chi connectivity index (χ0) is 34.1. The largest absolute Gasteiger partial charge is 0.378 e. The normalized spacial score (nSPS) is 13.6. The van der Waals surface area contributed by atoms with Gasteiger partial charge < -0.3 is 25.1 Å². The summed E-state index contributed by atoms with van der Waals surface area (Å²) in [5, 5.41) is 16.9. The van der Waals surface area contributed by atoms with E-state index in [1.165, 1.54) is 5.69 Å². The molecule has 3 N–H and O–H groups in total. The molecule has 1 aliphatic rings. The van der Waals surface area contributed by atoms with Gasteiger partial charge in [0, 0.05) is 94.6 Å². The van der Waals surface area contributed by atoms with Crippen LogP contribution in [-0.4, -0.2) is 88.0 Å². The third-order valence-corrected chi connectivity index (χ3v) is 10.1. The Labute approximate surface area is 294 Å². The van der Waals surface area contributed by atoms with Crippen LogP contribution in [0.25, 0.3) is 18.2 Å². The van der Waals surface area contributed by atoms with Crippen molar-refractivity contribution in [2.75, 3.05) is 75.7 Å². The second kappa shape index (κ2) is 19.8. The van der Waals surface area contributed by atoms with E-state index in [1.807, 2.05) is 63.2 Å². The van der Waals surface area contributed by atoms with Crippen molar-refractivity contribution in [2.45, 2.75) is 12.8 Å². The van der Waals surface area contributed by atoms with E-state index in [9.17, 15) is 9.90 Å². The summed E-state index contributed by atoms with van der Waals surface area (Å²) in [5.74, 6) is 1.66. The van der Waals surface area contributed by atoms with E-state index in [2.05, 4.69) is 110 Å². The summed E-state index contributed by atoms with van der Waals surface area (Å²) in [7, 11) is 11.6. The monoisotopic (exact) mass is 685 g/mol. The van der Waals surface area contributed by atoms with Crippen molar-refractivity contribution in [3.05, 3.63) is 120 Å². The SMILES string of the molecule is CN(C)c1ccc(C=CC2=CC=CCN2CC(O)NCCSSCCNC(=O)C[n+]2ccccc2C=Cc2ccc(N(C)C)cc2)cc1. The number of rotatable bonds is 18. The maximum absolute atomic E-state index is 12.7. The number of carbonyl (C=O) groups excluding carboxylic acids is 1. The molecular weight excluding hydrogens is 637 g/mol. The number of allylic oxidation sites excluding steroid dienone is 3. The average Bonchev–Trinajstić information content (AvgIpc) is 3.09. The van der Waals surface area contributed by atoms with Crippen LogP contribution in [0.15, 0.2) is 103 Å². The fourth-order valence-corrected chi connectivity index (χ4v) is 6.75. The maximum atomic E-state index is 12.7. The van der Waals surface area contributed by atoms with Crippen LogP contribution in [0.4, 0.5) is 11.4 Å². The van der Waals surface area contributed by atoms with E-state index in [-0.39, 0.29) is 12.5 Å². The summed E-state index contributed by atoms with van der Waals surface area (Å²) in [6.07, 6.45) is 15.9. The summed E-state index contributed by atoms with van der Waals surface area (Å²) < 4.78 is 1.96. The third-order valence-electron chi connectivity index (χ3n) is 7.65. The minimum Gasteiger partial charge on any atom is -0.378 e. The van der Waals surface area contributed by atoms with Crippen LogP contribution in [0.3, 0.4) is 0 Å². The van der Waals surface area contributed by atoms with Crippen LogP contribution >= 0.6 is 21.6 Å². The zero-order valence-corrected chi connectivity index (χ0v) is 30.1. The topological polar surface area (TPSA) is 75.0 Å². The number of aliphatic hydroxyl groups excluding tert-OH is 1. The molecule has 0 bridgehead atoms. The third kappa shape index (κ3) is 12.6. The van der Waals surface area contributed by atoms with E-state index in [4.69, 9.17) is 0 Å². The average molecular weight is 686 g/mol. The molecule has 2 heterocycles. The molecule has 1 aliphatic heterocycles. The molecule has 254 valence electrons. The minimum atomic E-state index is -0.628. The Balaban J connectivity index is 1.09. The number of hydrogen-bond donors (Lipinski definition) is 3. The number of anilines is 2. The van der Waals surface area contributed by atoms with Crippen molar-refractivity contribution in [2.24, 2.45) is 0 Å². The van der Waals surface area contributed by atoms with Crippen molar-refractivity contribution >= 4 is 57.1 Å². The van der Waals surface area contributed by atoms with Crippen molar-refractivity contribution in [3.8, 4) is 0 Å². The van der Waals surface area contributed by atoms with Crippen molar-refractivity contribution in [3.63, 3.8) is 0 Å². The fourth-order valence-electron chi connectivity index (χ4n) is 4.92. The van der Waals surface area contributed by atoms with Gasteiger partial charge in [-0.3, -0.25) is 10.1 Å². The van der Waals surface area contributed by atoms with Gasteiger partial charge in [0.1, 0.15) is 6.23 Å². The maximum Gasteiger partial charge on any atom is 0.286 e. The molecule has 48 heavy (non-hydrogen) atoms. The summed E-state index contributed by atoms with van der Waals surface area (Å²) in [5.41, 5.74) is 6.62. The first-order chi connectivity index (χ1) is 23.3. The number of hydrogen-bond acceptors (Lipinski definition) is 8. The summed E-state index contributed by atoms with van der Waals surface area (Å²) >= 11 is 0. The highest BCUT2D eigenvalue weighted by Crippen LogP contribution is 2.20. The second-order valence-electron chi connectivity index (χ2n) is 11.8. The van der Waals surface area contributed by atoms with E-state index >= 15 is 0 Å².